The van der Waals surface area contributed by atoms with E-state index in [1.165, 1.54) is 38.8 Å². The van der Waals surface area contributed by atoms with Gasteiger partial charge >= 0.3 is 0 Å². The maximum Gasteiger partial charge on any atom is 0.261 e. The second-order valence-corrected chi connectivity index (χ2v) is 10.0. The van der Waals surface area contributed by atoms with Gasteiger partial charge in [0, 0.05) is 59.5 Å². The molecule has 0 unspecified atom stereocenters. The van der Waals surface area contributed by atoms with Gasteiger partial charge in [0.15, 0.2) is 23.1 Å². The fraction of sp³-hybridized carbons (Fsp3) is 0.152. The number of pyridine rings is 3. The van der Waals surface area contributed by atoms with Crippen LogP contribution in [-0.4, -0.2) is 34.7 Å². The summed E-state index contributed by atoms with van der Waals surface area (Å²) in [6.45, 7) is 3.51. The van der Waals surface area contributed by atoms with Crippen LogP contribution in [0.5, 0.6) is 23.1 Å². The van der Waals surface area contributed by atoms with E-state index in [0.717, 1.165) is 11.5 Å². The third kappa shape index (κ3) is 4.77. The lowest BCUT2D eigenvalue weighted by Gasteiger charge is -2.17. The number of hydrogen-bond donors (Lipinski definition) is 1. The van der Waals surface area contributed by atoms with Gasteiger partial charge in [-0.2, -0.15) is 0 Å². The van der Waals surface area contributed by atoms with Gasteiger partial charge in [0.05, 0.1) is 31.6 Å². The van der Waals surface area contributed by atoms with Gasteiger partial charge in [-0.15, -0.1) is 0 Å². The van der Waals surface area contributed by atoms with E-state index < -0.39 is 17.2 Å². The second-order valence-electron chi connectivity index (χ2n) is 10.0. The molecular weight excluding hydrogens is 567 g/mol. The molecule has 0 atom stereocenters. The highest BCUT2D eigenvalue weighted by atomic mass is 19.1. The molecule has 6 aromatic rings. The molecule has 6 rings (SSSR count). The molecular formula is C33H27FN4O6. The summed E-state index contributed by atoms with van der Waals surface area (Å²) in [5.41, 5.74) is 3.15. The first-order valence-electron chi connectivity index (χ1n) is 13.5. The van der Waals surface area contributed by atoms with Gasteiger partial charge in [-0.05, 0) is 32.0 Å². The van der Waals surface area contributed by atoms with Crippen molar-refractivity contribution in [2.24, 2.45) is 7.05 Å². The zero-order chi connectivity index (χ0) is 31.1. The molecule has 0 fully saturated rings. The summed E-state index contributed by atoms with van der Waals surface area (Å²) >= 11 is 0. The number of carbonyl (C=O) groups is 1. The number of nitrogens with one attached hydrogen (secondary N) is 1. The van der Waals surface area contributed by atoms with E-state index in [1.54, 1.807) is 30.7 Å². The Bertz CT molecular complexity index is 2150. The summed E-state index contributed by atoms with van der Waals surface area (Å²) in [6.07, 6.45) is 3.02. The topological polar surface area (TPSA) is 118 Å². The van der Waals surface area contributed by atoms with Crippen molar-refractivity contribution in [1.82, 2.24) is 14.5 Å². The van der Waals surface area contributed by atoms with Crippen LogP contribution in [0, 0.1) is 19.7 Å². The lowest BCUT2D eigenvalue weighted by Crippen LogP contribution is -2.28. The van der Waals surface area contributed by atoms with E-state index in [4.69, 9.17) is 18.6 Å². The molecule has 0 aliphatic heterocycles. The molecule has 0 saturated carbocycles. The van der Waals surface area contributed by atoms with E-state index in [2.05, 4.69) is 15.3 Å². The van der Waals surface area contributed by atoms with Gasteiger partial charge in [-0.1, -0.05) is 18.2 Å². The average Bonchev–Trinajstić information content (AvgIpc) is 3.44. The van der Waals surface area contributed by atoms with Crippen LogP contribution in [0.2, 0.25) is 0 Å². The zero-order valence-electron chi connectivity index (χ0n) is 24.5. The Morgan fingerprint density at radius 3 is 2.52 bits per heavy atom. The minimum absolute atomic E-state index is 0.0576. The van der Waals surface area contributed by atoms with E-state index in [1.807, 2.05) is 31.2 Å². The molecule has 0 aliphatic rings. The number of halogens is 1. The maximum atomic E-state index is 15.3. The normalized spacial score (nSPS) is 11.1. The lowest BCUT2D eigenvalue weighted by molar-refractivity contribution is 0.102. The summed E-state index contributed by atoms with van der Waals surface area (Å²) in [7, 11) is 4.72. The van der Waals surface area contributed by atoms with Gasteiger partial charge in [0.1, 0.15) is 16.7 Å². The lowest BCUT2D eigenvalue weighted by atomic mass is 9.98. The third-order valence-corrected chi connectivity index (χ3v) is 7.59. The number of hydrogen-bond acceptors (Lipinski definition) is 8. The van der Waals surface area contributed by atoms with E-state index >= 15 is 4.39 Å². The fourth-order valence-corrected chi connectivity index (χ4v) is 5.16. The summed E-state index contributed by atoms with van der Waals surface area (Å²) < 4.78 is 39.2. The van der Waals surface area contributed by atoms with Crippen LogP contribution in [0.4, 0.5) is 10.1 Å². The molecule has 44 heavy (non-hydrogen) atoms. The van der Waals surface area contributed by atoms with Crippen molar-refractivity contribution in [3.05, 3.63) is 100 Å². The van der Waals surface area contributed by atoms with Crippen molar-refractivity contribution in [1.29, 1.82) is 0 Å². The second kappa shape index (κ2) is 11.2. The van der Waals surface area contributed by atoms with Crippen molar-refractivity contribution < 1.29 is 27.8 Å². The average molecular weight is 595 g/mol. The maximum absolute atomic E-state index is 15.3. The molecule has 1 amide bonds. The molecule has 222 valence electrons. The molecule has 0 saturated heterocycles. The minimum Gasteiger partial charge on any atom is -0.491 e. The Hall–Kier alpha value is -5.71. The highest BCUT2D eigenvalue weighted by Crippen LogP contribution is 2.35. The van der Waals surface area contributed by atoms with E-state index in [0.29, 0.717) is 44.9 Å². The highest BCUT2D eigenvalue weighted by Gasteiger charge is 2.24. The molecule has 0 aliphatic carbocycles. The van der Waals surface area contributed by atoms with Crippen LogP contribution >= 0.6 is 0 Å². The molecule has 4 aromatic heterocycles. The number of benzene rings is 2. The zero-order valence-corrected chi connectivity index (χ0v) is 24.5. The van der Waals surface area contributed by atoms with E-state index in [9.17, 15) is 9.59 Å². The first-order chi connectivity index (χ1) is 21.2. The summed E-state index contributed by atoms with van der Waals surface area (Å²) in [5, 5.41) is 3.42. The van der Waals surface area contributed by atoms with Crippen molar-refractivity contribution >= 4 is 33.6 Å². The van der Waals surface area contributed by atoms with Gasteiger partial charge < -0.3 is 28.5 Å². The number of furan rings is 1. The van der Waals surface area contributed by atoms with Crippen molar-refractivity contribution in [2.75, 3.05) is 19.5 Å². The fourth-order valence-electron chi connectivity index (χ4n) is 5.16. The Kier molecular flexibility index (Phi) is 7.22. The van der Waals surface area contributed by atoms with Gasteiger partial charge in [0.25, 0.3) is 11.8 Å². The number of carbonyl (C=O) groups excluding carboxylic acids is 1. The number of amides is 1. The Morgan fingerprint density at radius 2 is 1.77 bits per heavy atom. The van der Waals surface area contributed by atoms with Crippen LogP contribution in [0.3, 0.4) is 0 Å². The number of fused-ring (bicyclic) bond motifs is 2. The number of rotatable bonds is 7. The van der Waals surface area contributed by atoms with Gasteiger partial charge in [-0.25, -0.2) is 9.37 Å². The predicted octanol–water partition coefficient (Wildman–Crippen LogP) is 6.56. The van der Waals surface area contributed by atoms with Gasteiger partial charge in [-0.3, -0.25) is 14.6 Å². The smallest absolute Gasteiger partial charge is 0.261 e. The Labute approximate surface area is 250 Å². The van der Waals surface area contributed by atoms with Crippen molar-refractivity contribution in [2.45, 2.75) is 13.8 Å². The largest absolute Gasteiger partial charge is 0.491 e. The standard InChI is InChI=1S/C33H27FN4O6/c1-17-28(21-16-43-24-9-7-6-8-20(21)24)31(39)29(18(2)38(17)3)32(40)36-19-10-11-25(22(34)14-19)44-26-12-13-35-23-15-27(41-4)33(42-5)37-30(23)26/h6-16H,1-5H3,(H,36,40). The third-order valence-electron chi connectivity index (χ3n) is 7.59. The first kappa shape index (κ1) is 28.4. The van der Waals surface area contributed by atoms with Crippen LogP contribution in [0.15, 0.2) is 76.3 Å². The SMILES string of the molecule is COc1cc2nccc(Oc3ccc(NC(=O)c4c(C)n(C)c(C)c(-c5coc6ccccc56)c4=O)cc3F)c2nc1OC. The van der Waals surface area contributed by atoms with Crippen molar-refractivity contribution in [3.63, 3.8) is 0 Å². The van der Waals surface area contributed by atoms with E-state index in [-0.39, 0.29) is 28.6 Å². The summed E-state index contributed by atoms with van der Waals surface area (Å²) in [5.74, 6) is -0.672. The molecule has 0 bridgehead atoms. The van der Waals surface area contributed by atoms with Crippen molar-refractivity contribution in [3.8, 4) is 34.3 Å². The summed E-state index contributed by atoms with van der Waals surface area (Å²) in [6, 6.07) is 14.5. The van der Waals surface area contributed by atoms with Crippen LogP contribution in [0.1, 0.15) is 21.7 Å². The molecule has 2 aromatic carbocycles. The molecule has 4 heterocycles. The number of nitrogens with zero attached hydrogens (tertiary/aromatic N) is 3. The van der Waals surface area contributed by atoms with Crippen LogP contribution in [-0.2, 0) is 7.05 Å². The predicted molar refractivity (Wildman–Crippen MR) is 163 cm³/mol. The molecule has 0 radical (unpaired) electrons. The monoisotopic (exact) mass is 594 g/mol. The number of methoxy groups -OCH3 is 2. The number of para-hydroxylation sites is 1. The Morgan fingerprint density at radius 1 is 0.977 bits per heavy atom. The number of anilines is 1. The molecule has 11 heteroatoms. The quantitative estimate of drug-likeness (QED) is 0.221. The van der Waals surface area contributed by atoms with Crippen LogP contribution < -0.4 is 25.0 Å². The summed E-state index contributed by atoms with van der Waals surface area (Å²) in [4.78, 5) is 36.0. The first-order valence-corrected chi connectivity index (χ1v) is 13.5. The Balaban J connectivity index is 1.31. The number of ether oxygens (including phenoxy) is 3. The van der Waals surface area contributed by atoms with Gasteiger partial charge in [0.2, 0.25) is 5.43 Å². The molecule has 0 spiro atoms. The number of aromatic nitrogens is 3. The van der Waals surface area contributed by atoms with Crippen LogP contribution in [0.25, 0.3) is 33.1 Å². The highest BCUT2D eigenvalue weighted by molar-refractivity contribution is 6.06. The molecule has 10 nitrogen and oxygen atoms in total. The molecule has 1 N–H and O–H groups in total. The minimum atomic E-state index is -0.743.